The summed E-state index contributed by atoms with van der Waals surface area (Å²) in [5.41, 5.74) is 5.88. The minimum absolute atomic E-state index is 0.0629. The summed E-state index contributed by atoms with van der Waals surface area (Å²) >= 11 is 6.16. The molecular weight excluding hydrogens is 578 g/mol. The molecule has 5 rings (SSSR count). The number of nitro groups is 1. The molecule has 1 N–H and O–H groups in total. The second kappa shape index (κ2) is 11.5. The van der Waals surface area contributed by atoms with Gasteiger partial charge in [-0.2, -0.15) is 0 Å². The summed E-state index contributed by atoms with van der Waals surface area (Å²) in [5.74, 6) is -0.692. The lowest BCUT2D eigenvalue weighted by Gasteiger charge is -2.37. The maximum Gasteiger partial charge on any atom is 0.269 e. The van der Waals surface area contributed by atoms with Crippen molar-refractivity contribution in [3.8, 4) is 22.4 Å². The first-order chi connectivity index (χ1) is 19.9. The van der Waals surface area contributed by atoms with Crippen LogP contribution < -0.4 is 14.5 Å². The topological polar surface area (TPSA) is 118 Å². The van der Waals surface area contributed by atoms with E-state index in [1.54, 1.807) is 31.2 Å². The predicted molar refractivity (Wildman–Crippen MR) is 166 cm³/mol. The number of halogens is 1. The van der Waals surface area contributed by atoms with Crippen LogP contribution in [0.5, 0.6) is 0 Å². The van der Waals surface area contributed by atoms with Gasteiger partial charge in [0, 0.05) is 73.0 Å². The summed E-state index contributed by atoms with van der Waals surface area (Å²) in [6.45, 7) is 4.69. The molecule has 1 amide bonds. The first kappa shape index (κ1) is 29.2. The van der Waals surface area contributed by atoms with E-state index in [9.17, 15) is 23.3 Å². The lowest BCUT2D eigenvalue weighted by molar-refractivity contribution is -0.384. The van der Waals surface area contributed by atoms with Gasteiger partial charge in [0.05, 0.1) is 22.4 Å². The number of benzene rings is 3. The minimum atomic E-state index is -3.79. The Morgan fingerprint density at radius 2 is 1.50 bits per heavy atom. The highest BCUT2D eigenvalue weighted by Crippen LogP contribution is 2.40. The van der Waals surface area contributed by atoms with Crippen LogP contribution in [0, 0.1) is 17.0 Å². The highest BCUT2D eigenvalue weighted by Gasteiger charge is 2.28. The first-order valence-corrected chi connectivity index (χ1v) is 15.5. The Kier molecular flexibility index (Phi) is 7.98. The second-order valence-corrected chi connectivity index (χ2v) is 12.4. The number of hydrogen-bond acceptors (Lipinski definition) is 7. The third-order valence-electron chi connectivity index (χ3n) is 7.52. The van der Waals surface area contributed by atoms with E-state index in [1.807, 2.05) is 48.0 Å². The summed E-state index contributed by atoms with van der Waals surface area (Å²) in [5, 5.41) is 11.6. The summed E-state index contributed by atoms with van der Waals surface area (Å²) in [6, 6.07) is 21.8. The third kappa shape index (κ3) is 5.97. The molecule has 0 atom stereocenters. The zero-order chi connectivity index (χ0) is 30.2. The fourth-order valence-electron chi connectivity index (χ4n) is 5.39. The maximum atomic E-state index is 13.4. The quantitative estimate of drug-likeness (QED) is 0.225. The summed E-state index contributed by atoms with van der Waals surface area (Å²) < 4.78 is 28.1. The number of piperazine rings is 1. The van der Waals surface area contributed by atoms with Crippen LogP contribution in [0.25, 0.3) is 22.4 Å². The molecule has 3 aromatic carbocycles. The van der Waals surface area contributed by atoms with Crippen LogP contribution in [0.2, 0.25) is 5.02 Å². The predicted octanol–water partition coefficient (Wildman–Crippen LogP) is 5.25. The number of hydrogen-bond donors (Lipinski definition) is 1. The van der Waals surface area contributed by atoms with Crippen LogP contribution in [-0.2, 0) is 17.1 Å². The molecule has 10 nitrogen and oxygen atoms in total. The number of non-ortho nitro benzene ring substituents is 1. The number of aromatic nitrogens is 1. The molecule has 2 heterocycles. The van der Waals surface area contributed by atoms with E-state index in [1.165, 1.54) is 12.1 Å². The maximum absolute atomic E-state index is 13.4. The van der Waals surface area contributed by atoms with E-state index < -0.39 is 20.9 Å². The van der Waals surface area contributed by atoms with Crippen LogP contribution in [0.1, 0.15) is 16.1 Å². The molecule has 0 saturated carbocycles. The van der Waals surface area contributed by atoms with Gasteiger partial charge in [0.2, 0.25) is 10.0 Å². The van der Waals surface area contributed by atoms with Gasteiger partial charge >= 0.3 is 0 Å². The molecule has 42 heavy (non-hydrogen) atoms. The van der Waals surface area contributed by atoms with Crippen LogP contribution in [0.15, 0.2) is 72.8 Å². The number of carbonyl (C=O) groups is 1. The van der Waals surface area contributed by atoms with Gasteiger partial charge in [-0.3, -0.25) is 14.9 Å². The molecule has 1 aliphatic heterocycles. The van der Waals surface area contributed by atoms with Crippen molar-refractivity contribution in [3.63, 3.8) is 0 Å². The van der Waals surface area contributed by atoms with E-state index in [4.69, 9.17) is 11.6 Å². The molecule has 1 saturated heterocycles. The molecule has 0 spiro atoms. The molecule has 1 aliphatic rings. The van der Waals surface area contributed by atoms with Crippen molar-refractivity contribution in [2.24, 2.45) is 7.05 Å². The van der Waals surface area contributed by atoms with Crippen molar-refractivity contribution in [1.82, 2.24) is 9.29 Å². The Morgan fingerprint density at radius 3 is 2.07 bits per heavy atom. The van der Waals surface area contributed by atoms with Crippen molar-refractivity contribution in [2.75, 3.05) is 42.2 Å². The Bertz CT molecular complexity index is 1760. The molecule has 1 aromatic heterocycles. The fraction of sp³-hybridized carbons (Fsp3) is 0.233. The summed E-state index contributed by atoms with van der Waals surface area (Å²) in [4.78, 5) is 28.4. The van der Waals surface area contributed by atoms with Crippen molar-refractivity contribution in [2.45, 2.75) is 6.92 Å². The van der Waals surface area contributed by atoms with E-state index in [0.29, 0.717) is 16.3 Å². The zero-order valence-electron chi connectivity index (χ0n) is 23.4. The molecule has 0 bridgehead atoms. The van der Waals surface area contributed by atoms with Gasteiger partial charge in [0.15, 0.2) is 0 Å². The average Bonchev–Trinajstić information content (AvgIpc) is 3.23. The second-order valence-electron chi connectivity index (χ2n) is 10.3. The van der Waals surface area contributed by atoms with Gasteiger partial charge in [-0.15, -0.1) is 0 Å². The SMILES string of the molecule is Cc1c(C(=O)NS(C)(=O)=O)c(-c2cccc(N3CCN(c4ccc([N+](=O)[O-])cc4)CC3)c2)c(-c2ccc(Cl)cc2)n1C. The Morgan fingerprint density at radius 1 is 0.905 bits per heavy atom. The monoisotopic (exact) mass is 607 g/mol. The standard InChI is InChI=1S/C30H30ClN5O5S/c1-20-27(30(37)32-42(3,40)41)28(29(33(20)2)21-7-9-23(31)10-8-21)22-5-4-6-26(19-22)35-17-15-34(16-18-35)24-11-13-25(14-12-24)36(38)39/h4-14,19H,15-18H2,1-3H3,(H,32,37). The normalized spacial score (nSPS) is 13.7. The Hall–Kier alpha value is -4.35. The third-order valence-corrected chi connectivity index (χ3v) is 8.32. The van der Waals surface area contributed by atoms with Gasteiger partial charge in [0.1, 0.15) is 0 Å². The van der Waals surface area contributed by atoms with Crippen LogP contribution in [0.3, 0.4) is 0 Å². The smallest absolute Gasteiger partial charge is 0.269 e. The molecule has 4 aromatic rings. The lowest BCUT2D eigenvalue weighted by atomic mass is 9.96. The number of sulfonamides is 1. The van der Waals surface area contributed by atoms with Crippen molar-refractivity contribution < 1.29 is 18.1 Å². The number of nitrogens with one attached hydrogen (secondary N) is 1. The van der Waals surface area contributed by atoms with Crippen LogP contribution in [-0.4, -0.2) is 56.3 Å². The zero-order valence-corrected chi connectivity index (χ0v) is 24.9. The first-order valence-electron chi connectivity index (χ1n) is 13.2. The van der Waals surface area contributed by atoms with Gasteiger partial charge in [-0.25, -0.2) is 13.1 Å². The number of carbonyl (C=O) groups excluding carboxylic acids is 1. The number of anilines is 2. The molecular formula is C30H30ClN5O5S. The van der Waals surface area contributed by atoms with Crippen molar-refractivity contribution in [3.05, 3.63) is 99.2 Å². The lowest BCUT2D eigenvalue weighted by Crippen LogP contribution is -2.46. The number of nitro benzene ring substituents is 1. The van der Waals surface area contributed by atoms with E-state index in [2.05, 4.69) is 14.5 Å². The summed E-state index contributed by atoms with van der Waals surface area (Å²) in [7, 11) is -1.95. The number of rotatable bonds is 7. The van der Waals surface area contributed by atoms with Gasteiger partial charge in [-0.1, -0.05) is 35.9 Å². The molecule has 218 valence electrons. The van der Waals surface area contributed by atoms with Crippen LogP contribution in [0.4, 0.5) is 17.1 Å². The highest BCUT2D eigenvalue weighted by atomic mass is 35.5. The molecule has 0 aliphatic carbocycles. The van der Waals surface area contributed by atoms with Crippen molar-refractivity contribution >= 4 is 44.6 Å². The van der Waals surface area contributed by atoms with Gasteiger partial charge in [-0.05, 0) is 54.4 Å². The fourth-order valence-corrected chi connectivity index (χ4v) is 5.96. The van der Waals surface area contributed by atoms with Crippen LogP contribution >= 0.6 is 11.6 Å². The van der Waals surface area contributed by atoms with Gasteiger partial charge in [0.25, 0.3) is 11.6 Å². The molecule has 0 radical (unpaired) electrons. The largest absolute Gasteiger partial charge is 0.368 e. The number of nitrogens with zero attached hydrogens (tertiary/aromatic N) is 4. The average molecular weight is 608 g/mol. The molecule has 12 heteroatoms. The Balaban J connectivity index is 1.50. The molecule has 0 unspecified atom stereocenters. The van der Waals surface area contributed by atoms with E-state index >= 15 is 0 Å². The van der Waals surface area contributed by atoms with E-state index in [0.717, 1.165) is 60.6 Å². The van der Waals surface area contributed by atoms with E-state index in [-0.39, 0.29) is 11.3 Å². The number of amides is 1. The van der Waals surface area contributed by atoms with Crippen molar-refractivity contribution in [1.29, 1.82) is 0 Å². The van der Waals surface area contributed by atoms with Gasteiger partial charge < -0.3 is 14.4 Å². The summed E-state index contributed by atoms with van der Waals surface area (Å²) in [6.07, 6.45) is 0.958. The highest BCUT2D eigenvalue weighted by molar-refractivity contribution is 7.89. The Labute approximate surface area is 249 Å². The minimum Gasteiger partial charge on any atom is -0.368 e. The molecule has 1 fully saturated rings.